The fraction of sp³-hybridized carbons (Fsp3) is 0.828. The zero-order valence-electron chi connectivity index (χ0n) is 23.7. The van der Waals surface area contributed by atoms with Gasteiger partial charge in [-0.15, -0.1) is 0 Å². The monoisotopic (exact) mass is 550 g/mol. The van der Waals surface area contributed by atoms with Crippen LogP contribution < -0.4 is 0 Å². The van der Waals surface area contributed by atoms with E-state index >= 15 is 0 Å². The molecule has 12 atom stereocenters. The van der Waals surface area contributed by atoms with Crippen molar-refractivity contribution in [2.75, 3.05) is 13.2 Å². The predicted molar refractivity (Wildman–Crippen MR) is 136 cm³/mol. The third-order valence-corrected chi connectivity index (χ3v) is 10.5. The maximum absolute atomic E-state index is 13.2. The molecular formula is C29H42O10. The van der Waals surface area contributed by atoms with Crippen LogP contribution in [0.3, 0.4) is 0 Å². The van der Waals surface area contributed by atoms with Gasteiger partial charge in [-0.1, -0.05) is 27.7 Å². The van der Waals surface area contributed by atoms with Gasteiger partial charge in [0.15, 0.2) is 0 Å². The molecule has 3 aliphatic heterocycles. The molecule has 0 aromatic rings. The lowest BCUT2D eigenvalue weighted by atomic mass is 9.41. The van der Waals surface area contributed by atoms with Gasteiger partial charge in [0.2, 0.25) is 6.29 Å². The fourth-order valence-electron chi connectivity index (χ4n) is 8.06. The zero-order valence-corrected chi connectivity index (χ0v) is 23.7. The number of fused-ring (bicyclic) bond motifs is 3. The molecule has 0 aromatic carbocycles. The van der Waals surface area contributed by atoms with Crippen LogP contribution in [0.25, 0.3) is 0 Å². The Morgan fingerprint density at radius 1 is 1.13 bits per heavy atom. The molecule has 39 heavy (non-hydrogen) atoms. The van der Waals surface area contributed by atoms with Crippen LogP contribution in [-0.2, 0) is 42.8 Å². The highest BCUT2D eigenvalue weighted by atomic mass is 16.7. The summed E-state index contributed by atoms with van der Waals surface area (Å²) < 4.78 is 36.3. The van der Waals surface area contributed by atoms with Crippen LogP contribution in [0.15, 0.2) is 12.3 Å². The summed E-state index contributed by atoms with van der Waals surface area (Å²) in [7, 11) is 0. The summed E-state index contributed by atoms with van der Waals surface area (Å²) in [5.74, 6) is -2.16. The normalized spacial score (nSPS) is 46.5. The number of hydrogen-bond donors (Lipinski definition) is 1. The van der Waals surface area contributed by atoms with E-state index in [0.717, 1.165) is 0 Å². The molecule has 4 fully saturated rings. The number of epoxide rings is 1. The molecule has 10 nitrogen and oxygen atoms in total. The molecule has 0 bridgehead atoms. The largest absolute Gasteiger partial charge is 0.472 e. The van der Waals surface area contributed by atoms with Crippen molar-refractivity contribution < 1.29 is 47.9 Å². The van der Waals surface area contributed by atoms with Gasteiger partial charge in [0, 0.05) is 37.5 Å². The molecule has 1 N–H and O–H groups in total. The second kappa shape index (κ2) is 10.0. The second-order valence-corrected chi connectivity index (χ2v) is 12.5. The number of rotatable bonds is 7. The molecule has 5 rings (SSSR count). The van der Waals surface area contributed by atoms with Crippen LogP contribution >= 0.6 is 0 Å². The Bertz CT molecular complexity index is 1020. The molecule has 0 unspecified atom stereocenters. The van der Waals surface area contributed by atoms with Gasteiger partial charge in [-0.25, -0.2) is 0 Å². The number of carbonyl (C=O) groups excluding carboxylic acids is 3. The summed E-state index contributed by atoms with van der Waals surface area (Å²) >= 11 is 0. The molecular weight excluding hydrogens is 508 g/mol. The van der Waals surface area contributed by atoms with Crippen molar-refractivity contribution in [2.24, 2.45) is 34.5 Å². The van der Waals surface area contributed by atoms with Crippen LogP contribution in [-0.4, -0.2) is 72.5 Å². The van der Waals surface area contributed by atoms with Gasteiger partial charge in [0.25, 0.3) is 0 Å². The highest BCUT2D eigenvalue weighted by molar-refractivity contribution is 5.72. The van der Waals surface area contributed by atoms with Gasteiger partial charge < -0.3 is 33.5 Å². The van der Waals surface area contributed by atoms with E-state index in [1.165, 1.54) is 13.8 Å². The van der Waals surface area contributed by atoms with Crippen molar-refractivity contribution in [2.45, 2.75) is 104 Å². The Hall–Kier alpha value is -2.17. The molecule has 0 amide bonds. The average Bonchev–Trinajstić information content (AvgIpc) is 3.38. The fourth-order valence-corrected chi connectivity index (χ4v) is 8.06. The number of aliphatic hydroxyl groups is 1. The van der Waals surface area contributed by atoms with E-state index in [-0.39, 0.29) is 49.5 Å². The van der Waals surface area contributed by atoms with Crippen molar-refractivity contribution in [3.05, 3.63) is 12.3 Å². The minimum atomic E-state index is -1.18. The van der Waals surface area contributed by atoms with E-state index in [2.05, 4.69) is 13.8 Å². The smallest absolute Gasteiger partial charge is 0.308 e. The van der Waals surface area contributed by atoms with Crippen LogP contribution in [0, 0.1) is 34.5 Å². The molecule has 10 heteroatoms. The maximum atomic E-state index is 13.2. The van der Waals surface area contributed by atoms with Gasteiger partial charge in [-0.2, -0.15) is 0 Å². The second-order valence-electron chi connectivity index (χ2n) is 12.5. The standard InChI is InChI=1S/C29H42O10/c1-7-15(2)25(33)38-20-12-21(32)29(14-36-29)28(13-35-17(4)30)23(37-18(5)31)10-16(3)27(6,24(20)28)22-11-19-8-9-34-26(19)39-22/h8-9,15-16,19-24,26,32H,7,10-14H2,1-6H3/t15-,16+,19+,20+,21-,22-,23-,24+,26-,27+,28+,29+/m0/s1. The lowest BCUT2D eigenvalue weighted by Crippen LogP contribution is -2.75. The average molecular weight is 551 g/mol. The molecule has 3 heterocycles. The molecule has 0 aromatic heterocycles. The molecule has 218 valence electrons. The van der Waals surface area contributed by atoms with Crippen molar-refractivity contribution >= 4 is 17.9 Å². The van der Waals surface area contributed by atoms with Crippen molar-refractivity contribution in [3.63, 3.8) is 0 Å². The Morgan fingerprint density at radius 3 is 2.44 bits per heavy atom. The first-order chi connectivity index (χ1) is 18.4. The van der Waals surface area contributed by atoms with Crippen molar-refractivity contribution in [1.29, 1.82) is 0 Å². The van der Waals surface area contributed by atoms with Gasteiger partial charge in [0.1, 0.15) is 24.4 Å². The zero-order chi connectivity index (χ0) is 28.3. The quantitative estimate of drug-likeness (QED) is 0.287. The van der Waals surface area contributed by atoms with E-state index in [0.29, 0.717) is 19.3 Å². The Morgan fingerprint density at radius 2 is 1.85 bits per heavy atom. The van der Waals surface area contributed by atoms with Crippen LogP contribution in [0.4, 0.5) is 0 Å². The highest BCUT2D eigenvalue weighted by Gasteiger charge is 2.81. The van der Waals surface area contributed by atoms with Gasteiger partial charge >= 0.3 is 17.9 Å². The number of esters is 3. The minimum absolute atomic E-state index is 0.0547. The van der Waals surface area contributed by atoms with Crippen LogP contribution in [0.5, 0.6) is 0 Å². The number of ether oxygens (including phenoxy) is 6. The topological polar surface area (TPSA) is 130 Å². The van der Waals surface area contributed by atoms with E-state index in [9.17, 15) is 19.5 Å². The molecule has 2 saturated carbocycles. The van der Waals surface area contributed by atoms with Gasteiger partial charge in [-0.3, -0.25) is 14.4 Å². The van der Waals surface area contributed by atoms with Gasteiger partial charge in [-0.05, 0) is 31.3 Å². The third kappa shape index (κ3) is 4.28. The summed E-state index contributed by atoms with van der Waals surface area (Å²) in [6, 6.07) is 0. The lowest BCUT2D eigenvalue weighted by molar-refractivity contribution is -0.293. The van der Waals surface area contributed by atoms with Crippen molar-refractivity contribution in [1.82, 2.24) is 0 Å². The first-order valence-corrected chi connectivity index (χ1v) is 14.2. The molecule has 0 radical (unpaired) electrons. The number of carbonyl (C=O) groups is 3. The molecule has 2 saturated heterocycles. The Balaban J connectivity index is 1.68. The van der Waals surface area contributed by atoms with E-state index in [1.54, 1.807) is 6.26 Å². The highest BCUT2D eigenvalue weighted by Crippen LogP contribution is 2.70. The van der Waals surface area contributed by atoms with Crippen molar-refractivity contribution in [3.8, 4) is 0 Å². The van der Waals surface area contributed by atoms with Gasteiger partial charge in [0.05, 0.1) is 36.4 Å². The third-order valence-electron chi connectivity index (χ3n) is 10.5. The number of aliphatic hydroxyl groups excluding tert-OH is 1. The summed E-state index contributed by atoms with van der Waals surface area (Å²) in [6.45, 7) is 10.7. The predicted octanol–water partition coefficient (Wildman–Crippen LogP) is 2.90. The molecule has 5 aliphatic rings. The number of hydrogen-bond acceptors (Lipinski definition) is 10. The van der Waals surface area contributed by atoms with E-state index in [1.807, 2.05) is 19.9 Å². The van der Waals surface area contributed by atoms with E-state index < -0.39 is 58.9 Å². The first-order valence-electron chi connectivity index (χ1n) is 14.2. The Kier molecular flexibility index (Phi) is 7.29. The molecule has 2 aliphatic carbocycles. The summed E-state index contributed by atoms with van der Waals surface area (Å²) in [6.07, 6.45) is 2.36. The first kappa shape index (κ1) is 28.4. The van der Waals surface area contributed by atoms with Crippen LogP contribution in [0.2, 0.25) is 0 Å². The van der Waals surface area contributed by atoms with Crippen LogP contribution in [0.1, 0.15) is 67.2 Å². The molecule has 1 spiro atoms. The summed E-state index contributed by atoms with van der Waals surface area (Å²) in [4.78, 5) is 37.9. The summed E-state index contributed by atoms with van der Waals surface area (Å²) in [5.41, 5.74) is -2.95. The Labute approximate surface area is 229 Å². The summed E-state index contributed by atoms with van der Waals surface area (Å²) in [5, 5.41) is 11.6. The minimum Gasteiger partial charge on any atom is -0.472 e. The van der Waals surface area contributed by atoms with E-state index in [4.69, 9.17) is 28.4 Å². The lowest BCUT2D eigenvalue weighted by Gasteiger charge is -2.65. The maximum Gasteiger partial charge on any atom is 0.308 e. The SMILES string of the molecule is CC[C@H](C)C(=O)O[C@@H]1C[C@H](O)[C@]2(CO2)[C@]2(COC(C)=O)[C@@H](OC(C)=O)C[C@@H](C)[C@](C)([C@@H]3C[C@H]4C=CO[C@H]4O3)[C@@H]12.